The van der Waals surface area contributed by atoms with E-state index >= 15 is 0 Å². The maximum atomic E-state index is 12.9. The molecule has 8 nitrogen and oxygen atoms in total. The fourth-order valence-corrected chi connectivity index (χ4v) is 4.86. The predicted octanol–water partition coefficient (Wildman–Crippen LogP) is 3.70. The van der Waals surface area contributed by atoms with Crippen LogP contribution in [0.25, 0.3) is 5.69 Å². The molecule has 2 aromatic carbocycles. The van der Waals surface area contributed by atoms with Gasteiger partial charge in [-0.2, -0.15) is 0 Å². The van der Waals surface area contributed by atoms with Crippen molar-refractivity contribution in [2.45, 2.75) is 43.6 Å². The second-order valence-electron chi connectivity index (χ2n) is 8.31. The predicted molar refractivity (Wildman–Crippen MR) is 127 cm³/mol. The lowest BCUT2D eigenvalue weighted by atomic mass is 10.2. The van der Waals surface area contributed by atoms with E-state index in [-0.39, 0.29) is 18.0 Å². The SMILES string of the molecule is Cc1ccc(-n2c(S[C@H](C)C(=O)NCc3ccc4c(c3)OCO4)nnc2N2CCCC2)cc1. The zero-order valence-electron chi connectivity index (χ0n) is 18.8. The summed E-state index contributed by atoms with van der Waals surface area (Å²) >= 11 is 1.42. The van der Waals surface area contributed by atoms with E-state index in [1.165, 1.54) is 17.3 Å². The number of nitrogens with one attached hydrogen (secondary N) is 1. The lowest BCUT2D eigenvalue weighted by Gasteiger charge is -2.19. The normalized spacial score (nSPS) is 15.6. The van der Waals surface area contributed by atoms with Crippen LogP contribution >= 0.6 is 11.8 Å². The van der Waals surface area contributed by atoms with Crippen LogP contribution in [-0.2, 0) is 11.3 Å². The van der Waals surface area contributed by atoms with E-state index in [2.05, 4.69) is 56.2 Å². The van der Waals surface area contributed by atoms with Crippen molar-refractivity contribution >= 4 is 23.6 Å². The highest BCUT2D eigenvalue weighted by Crippen LogP contribution is 2.33. The van der Waals surface area contributed by atoms with Crippen molar-refractivity contribution < 1.29 is 14.3 Å². The molecule has 1 fully saturated rings. The number of thioether (sulfide) groups is 1. The molecule has 172 valence electrons. The van der Waals surface area contributed by atoms with Crippen LogP contribution < -0.4 is 19.7 Å². The number of aromatic nitrogens is 3. The zero-order valence-corrected chi connectivity index (χ0v) is 19.6. The van der Waals surface area contributed by atoms with Crippen LogP contribution in [0.3, 0.4) is 0 Å². The molecule has 0 unspecified atom stereocenters. The zero-order chi connectivity index (χ0) is 22.8. The molecule has 0 saturated carbocycles. The van der Waals surface area contributed by atoms with Crippen LogP contribution in [0.5, 0.6) is 11.5 Å². The summed E-state index contributed by atoms with van der Waals surface area (Å²) in [7, 11) is 0. The molecule has 0 aliphatic carbocycles. The Morgan fingerprint density at radius 3 is 2.64 bits per heavy atom. The van der Waals surface area contributed by atoms with Crippen LogP contribution in [0.1, 0.15) is 30.9 Å². The number of nitrogens with zero attached hydrogens (tertiary/aromatic N) is 4. The van der Waals surface area contributed by atoms with E-state index in [4.69, 9.17) is 9.47 Å². The minimum absolute atomic E-state index is 0.0566. The summed E-state index contributed by atoms with van der Waals surface area (Å²) in [6, 6.07) is 14.0. The number of fused-ring (bicyclic) bond motifs is 1. The first kappa shape index (κ1) is 21.6. The number of aryl methyl sites for hydroxylation is 1. The first-order valence-corrected chi connectivity index (χ1v) is 12.1. The van der Waals surface area contributed by atoms with Gasteiger partial charge in [0.05, 0.1) is 10.9 Å². The topological polar surface area (TPSA) is 81.5 Å². The molecular weight excluding hydrogens is 438 g/mol. The number of hydrogen-bond acceptors (Lipinski definition) is 7. The number of carbonyl (C=O) groups excluding carboxylic acids is 1. The highest BCUT2D eigenvalue weighted by molar-refractivity contribution is 8.00. The molecule has 1 saturated heterocycles. The molecule has 1 amide bonds. The van der Waals surface area contributed by atoms with Crippen LogP contribution in [0, 0.1) is 6.92 Å². The smallest absolute Gasteiger partial charge is 0.233 e. The molecule has 1 N–H and O–H groups in total. The number of carbonyl (C=O) groups is 1. The molecule has 1 aromatic heterocycles. The lowest BCUT2D eigenvalue weighted by Crippen LogP contribution is -2.30. The van der Waals surface area contributed by atoms with Gasteiger partial charge in [0.1, 0.15) is 0 Å². The molecule has 3 aromatic rings. The summed E-state index contributed by atoms with van der Waals surface area (Å²) < 4.78 is 12.8. The molecule has 2 aliphatic heterocycles. The van der Waals surface area contributed by atoms with Gasteiger partial charge < -0.3 is 19.7 Å². The van der Waals surface area contributed by atoms with Crippen molar-refractivity contribution in [3.63, 3.8) is 0 Å². The summed E-state index contributed by atoms with van der Waals surface area (Å²) in [5.41, 5.74) is 3.16. The number of hydrogen-bond donors (Lipinski definition) is 1. The van der Waals surface area contributed by atoms with Crippen molar-refractivity contribution in [1.82, 2.24) is 20.1 Å². The third-order valence-corrected chi connectivity index (χ3v) is 6.90. The molecule has 0 bridgehead atoms. The largest absolute Gasteiger partial charge is 0.454 e. The Kier molecular flexibility index (Phi) is 6.13. The van der Waals surface area contributed by atoms with E-state index in [0.29, 0.717) is 17.5 Å². The highest BCUT2D eigenvalue weighted by Gasteiger charge is 2.25. The van der Waals surface area contributed by atoms with Gasteiger partial charge in [-0.05, 0) is 56.5 Å². The summed E-state index contributed by atoms with van der Waals surface area (Å²) in [5, 5.41) is 12.4. The maximum absolute atomic E-state index is 12.9. The Morgan fingerprint density at radius 1 is 1.09 bits per heavy atom. The second kappa shape index (κ2) is 9.35. The van der Waals surface area contributed by atoms with Gasteiger partial charge in [0.25, 0.3) is 0 Å². The third kappa shape index (κ3) is 4.64. The second-order valence-corrected chi connectivity index (χ2v) is 9.62. The fourth-order valence-electron chi connectivity index (χ4n) is 3.98. The van der Waals surface area contributed by atoms with Crippen molar-refractivity contribution in [1.29, 1.82) is 0 Å². The molecule has 33 heavy (non-hydrogen) atoms. The number of benzene rings is 2. The van der Waals surface area contributed by atoms with E-state index < -0.39 is 0 Å². The molecule has 0 spiro atoms. The standard InChI is InChI=1S/C24H27N5O3S/c1-16-5-8-19(9-6-16)29-23(28-11-3-4-12-28)26-27-24(29)33-17(2)22(30)25-14-18-7-10-20-21(13-18)32-15-31-20/h5-10,13,17H,3-4,11-12,14-15H2,1-2H3,(H,25,30)/t17-/m1/s1. The summed E-state index contributed by atoms with van der Waals surface area (Å²) in [5.74, 6) is 2.23. The number of anilines is 1. The van der Waals surface area contributed by atoms with E-state index in [1.54, 1.807) is 0 Å². The third-order valence-electron chi connectivity index (χ3n) is 5.85. The van der Waals surface area contributed by atoms with Gasteiger partial charge in [0, 0.05) is 19.6 Å². The summed E-state index contributed by atoms with van der Waals surface area (Å²) in [4.78, 5) is 15.1. The Hall–Kier alpha value is -3.20. The van der Waals surface area contributed by atoms with Gasteiger partial charge in [-0.3, -0.25) is 9.36 Å². The monoisotopic (exact) mass is 465 g/mol. The summed E-state index contributed by atoms with van der Waals surface area (Å²) in [6.07, 6.45) is 2.31. The van der Waals surface area contributed by atoms with Crippen LogP contribution in [-0.4, -0.2) is 45.8 Å². The van der Waals surface area contributed by atoms with E-state index in [1.807, 2.05) is 25.1 Å². The molecular formula is C24H27N5O3S. The van der Waals surface area contributed by atoms with Gasteiger partial charge in [-0.15, -0.1) is 10.2 Å². The maximum Gasteiger partial charge on any atom is 0.233 e. The van der Waals surface area contributed by atoms with Crippen molar-refractivity contribution in [2.24, 2.45) is 0 Å². The molecule has 0 radical (unpaired) electrons. The van der Waals surface area contributed by atoms with Crippen LogP contribution in [0.2, 0.25) is 0 Å². The van der Waals surface area contributed by atoms with Gasteiger partial charge >= 0.3 is 0 Å². The van der Waals surface area contributed by atoms with Gasteiger partial charge in [0.2, 0.25) is 18.6 Å². The first-order valence-electron chi connectivity index (χ1n) is 11.2. The lowest BCUT2D eigenvalue weighted by molar-refractivity contribution is -0.120. The van der Waals surface area contributed by atoms with Crippen LogP contribution in [0.4, 0.5) is 5.95 Å². The highest BCUT2D eigenvalue weighted by atomic mass is 32.2. The molecule has 1 atom stereocenters. The fraction of sp³-hybridized carbons (Fsp3) is 0.375. The molecule has 9 heteroatoms. The number of rotatable bonds is 7. The van der Waals surface area contributed by atoms with Gasteiger partial charge in [-0.25, -0.2) is 0 Å². The average Bonchev–Trinajstić information content (AvgIpc) is 3.58. The number of amides is 1. The minimum atomic E-state index is -0.334. The first-order chi connectivity index (χ1) is 16.1. The van der Waals surface area contributed by atoms with Crippen LogP contribution in [0.15, 0.2) is 47.6 Å². The quantitative estimate of drug-likeness (QED) is 0.533. The van der Waals surface area contributed by atoms with Crippen molar-refractivity contribution in [3.8, 4) is 17.2 Å². The van der Waals surface area contributed by atoms with Crippen molar-refractivity contribution in [3.05, 3.63) is 53.6 Å². The van der Waals surface area contributed by atoms with Gasteiger partial charge in [0.15, 0.2) is 16.7 Å². The van der Waals surface area contributed by atoms with Gasteiger partial charge in [-0.1, -0.05) is 35.5 Å². The molecule has 5 rings (SSSR count). The Morgan fingerprint density at radius 2 is 1.85 bits per heavy atom. The Balaban J connectivity index is 1.30. The van der Waals surface area contributed by atoms with E-state index in [9.17, 15) is 4.79 Å². The molecule has 2 aliphatic rings. The minimum Gasteiger partial charge on any atom is -0.454 e. The Bertz CT molecular complexity index is 1140. The average molecular weight is 466 g/mol. The summed E-state index contributed by atoms with van der Waals surface area (Å²) in [6.45, 7) is 6.56. The van der Waals surface area contributed by atoms with Crippen molar-refractivity contribution in [2.75, 3.05) is 24.8 Å². The number of ether oxygens (including phenoxy) is 2. The van der Waals surface area contributed by atoms with E-state index in [0.717, 1.165) is 48.9 Å². The molecule has 3 heterocycles. The Labute approximate surface area is 197 Å².